The fraction of sp³-hybridized carbons (Fsp3) is 0.773. The summed E-state index contributed by atoms with van der Waals surface area (Å²) in [4.78, 5) is 37.9. The largest absolute Gasteiger partial charge is 0.375 e. The van der Waals surface area contributed by atoms with Crippen LogP contribution >= 0.6 is 0 Å². The molecule has 3 aliphatic rings. The molecule has 1 spiro atoms. The Hall–Kier alpha value is -1.89. The molecular weight excluding hydrogens is 368 g/mol. The number of nitrogens with one attached hydrogen (secondary N) is 1. The number of methoxy groups -OCH3 is 1. The van der Waals surface area contributed by atoms with Crippen molar-refractivity contribution in [3.8, 4) is 0 Å². The second-order valence-corrected chi connectivity index (χ2v) is 9.00. The van der Waals surface area contributed by atoms with Crippen LogP contribution in [0.5, 0.6) is 0 Å². The van der Waals surface area contributed by atoms with Gasteiger partial charge in [-0.25, -0.2) is 4.98 Å². The zero-order chi connectivity index (χ0) is 20.4. The molecule has 7 heteroatoms. The Morgan fingerprint density at radius 3 is 2.66 bits per heavy atom. The number of imidazole rings is 1. The maximum atomic E-state index is 13.2. The lowest BCUT2D eigenvalue weighted by Gasteiger charge is -2.50. The summed E-state index contributed by atoms with van der Waals surface area (Å²) in [5.74, 6) is 0.929. The normalized spacial score (nSPS) is 23.1. The summed E-state index contributed by atoms with van der Waals surface area (Å²) >= 11 is 0. The third-order valence-corrected chi connectivity index (χ3v) is 7.48. The fourth-order valence-electron chi connectivity index (χ4n) is 5.77. The molecule has 0 bridgehead atoms. The van der Waals surface area contributed by atoms with Crippen molar-refractivity contribution in [1.29, 1.82) is 0 Å². The minimum atomic E-state index is -0.423. The molecule has 2 aliphatic heterocycles. The van der Waals surface area contributed by atoms with Gasteiger partial charge in [-0.3, -0.25) is 9.59 Å². The van der Waals surface area contributed by atoms with Gasteiger partial charge in [-0.05, 0) is 31.6 Å². The quantitative estimate of drug-likeness (QED) is 0.839. The summed E-state index contributed by atoms with van der Waals surface area (Å²) < 4.78 is 5.13. The van der Waals surface area contributed by atoms with Gasteiger partial charge >= 0.3 is 0 Å². The Morgan fingerprint density at radius 2 is 1.97 bits per heavy atom. The third-order valence-electron chi connectivity index (χ3n) is 7.48. The minimum absolute atomic E-state index is 0.0106. The predicted molar refractivity (Wildman–Crippen MR) is 109 cm³/mol. The van der Waals surface area contributed by atoms with Gasteiger partial charge in [0.05, 0.1) is 17.6 Å². The molecule has 0 radical (unpaired) electrons. The van der Waals surface area contributed by atoms with Crippen molar-refractivity contribution < 1.29 is 14.3 Å². The van der Waals surface area contributed by atoms with E-state index in [1.54, 1.807) is 13.4 Å². The zero-order valence-corrected chi connectivity index (χ0v) is 17.8. The van der Waals surface area contributed by atoms with Crippen molar-refractivity contribution in [2.75, 3.05) is 33.4 Å². The Balaban J connectivity index is 1.49. The smallest absolute Gasteiger partial charge is 0.249 e. The number of aromatic amines is 1. The Morgan fingerprint density at radius 1 is 1.24 bits per heavy atom. The number of hydrogen-bond donors (Lipinski definition) is 1. The molecule has 0 aromatic carbocycles. The summed E-state index contributed by atoms with van der Waals surface area (Å²) in [7, 11) is 1.56. The summed E-state index contributed by atoms with van der Waals surface area (Å²) in [5.41, 5.74) is 1.69. The second kappa shape index (κ2) is 8.46. The van der Waals surface area contributed by atoms with Crippen LogP contribution in [-0.2, 0) is 26.3 Å². The molecule has 1 aromatic heterocycles. The second-order valence-electron chi connectivity index (χ2n) is 9.00. The molecule has 160 valence electrons. The summed E-state index contributed by atoms with van der Waals surface area (Å²) in [6.07, 6.45) is 10.2. The molecule has 1 unspecified atom stereocenters. The summed E-state index contributed by atoms with van der Waals surface area (Å²) in [5, 5.41) is 0. The predicted octanol–water partition coefficient (Wildman–Crippen LogP) is 2.47. The molecule has 1 aliphatic carbocycles. The number of piperidine rings is 1. The molecule has 7 nitrogen and oxygen atoms in total. The molecule has 4 rings (SSSR count). The Bertz CT molecular complexity index is 732. The fourth-order valence-corrected chi connectivity index (χ4v) is 5.77. The first-order valence-electron chi connectivity index (χ1n) is 11.2. The highest BCUT2D eigenvalue weighted by molar-refractivity contribution is 5.80. The van der Waals surface area contributed by atoms with Gasteiger partial charge in [-0.15, -0.1) is 0 Å². The molecule has 2 fully saturated rings. The van der Waals surface area contributed by atoms with Gasteiger partial charge in [-0.2, -0.15) is 0 Å². The van der Waals surface area contributed by atoms with Crippen LogP contribution in [0.3, 0.4) is 0 Å². The standard InChI is InChI=1S/C22H34N4O3/c1-16(17-6-4-3-5-7-17)21(28)25-12-9-22(10-13-25)20-18(23-15-24-20)8-11-26(22)19(27)14-29-2/h15-17H,3-14H2,1-2H3,(H,23,24). The summed E-state index contributed by atoms with van der Waals surface area (Å²) in [6.45, 7) is 4.23. The van der Waals surface area contributed by atoms with Gasteiger partial charge in [0.15, 0.2) is 0 Å². The molecule has 1 saturated carbocycles. The Labute approximate surface area is 173 Å². The molecule has 1 aromatic rings. The molecule has 2 amide bonds. The lowest BCUT2D eigenvalue weighted by molar-refractivity contribution is -0.149. The van der Waals surface area contributed by atoms with E-state index in [-0.39, 0.29) is 18.4 Å². The van der Waals surface area contributed by atoms with Crippen molar-refractivity contribution in [2.45, 2.75) is 63.8 Å². The number of carbonyl (C=O) groups is 2. The van der Waals surface area contributed by atoms with Crippen molar-refractivity contribution in [2.24, 2.45) is 11.8 Å². The number of hydrogen-bond acceptors (Lipinski definition) is 4. The molecule has 1 atom stereocenters. The van der Waals surface area contributed by atoms with Gasteiger partial charge in [-0.1, -0.05) is 26.2 Å². The lowest BCUT2D eigenvalue weighted by Crippen LogP contribution is -2.60. The van der Waals surface area contributed by atoms with E-state index in [0.717, 1.165) is 30.7 Å². The number of ether oxygens (including phenoxy) is 1. The highest BCUT2D eigenvalue weighted by atomic mass is 16.5. The number of aromatic nitrogens is 2. The van der Waals surface area contributed by atoms with Crippen molar-refractivity contribution in [1.82, 2.24) is 19.8 Å². The van der Waals surface area contributed by atoms with E-state index in [4.69, 9.17) is 4.74 Å². The van der Waals surface area contributed by atoms with Gasteiger partial charge in [0.1, 0.15) is 6.61 Å². The van der Waals surface area contributed by atoms with Crippen LogP contribution < -0.4 is 0 Å². The van der Waals surface area contributed by atoms with Crippen LogP contribution in [0.2, 0.25) is 0 Å². The summed E-state index contributed by atoms with van der Waals surface area (Å²) in [6, 6.07) is 0. The topological polar surface area (TPSA) is 78.5 Å². The zero-order valence-electron chi connectivity index (χ0n) is 17.8. The van der Waals surface area contributed by atoms with Gasteiger partial charge in [0.2, 0.25) is 11.8 Å². The number of H-pyrrole nitrogens is 1. The highest BCUT2D eigenvalue weighted by Crippen LogP contribution is 2.43. The number of carbonyl (C=O) groups excluding carboxylic acids is 2. The number of nitrogens with zero attached hydrogens (tertiary/aromatic N) is 3. The van der Waals surface area contributed by atoms with Crippen molar-refractivity contribution >= 4 is 11.8 Å². The first-order chi connectivity index (χ1) is 14.1. The Kier molecular flexibility index (Phi) is 5.95. The lowest BCUT2D eigenvalue weighted by atomic mass is 9.77. The van der Waals surface area contributed by atoms with E-state index in [1.807, 2.05) is 9.80 Å². The van der Waals surface area contributed by atoms with E-state index in [1.165, 1.54) is 32.1 Å². The third kappa shape index (κ3) is 3.69. The number of amides is 2. The molecule has 29 heavy (non-hydrogen) atoms. The number of rotatable bonds is 4. The average molecular weight is 403 g/mol. The van der Waals surface area contributed by atoms with E-state index in [0.29, 0.717) is 31.5 Å². The van der Waals surface area contributed by atoms with Crippen molar-refractivity contribution in [3.05, 3.63) is 17.7 Å². The first-order valence-corrected chi connectivity index (χ1v) is 11.2. The van der Waals surface area contributed by atoms with Crippen LogP contribution in [0.4, 0.5) is 0 Å². The average Bonchev–Trinajstić information content (AvgIpc) is 3.24. The van der Waals surface area contributed by atoms with E-state index >= 15 is 0 Å². The SMILES string of the molecule is COCC(=O)N1CCc2[nH]cnc2C12CCN(C(=O)C(C)C1CCCCC1)CC2. The van der Waals surface area contributed by atoms with Crippen LogP contribution in [0, 0.1) is 11.8 Å². The number of fused-ring (bicyclic) bond motifs is 2. The first kappa shape index (κ1) is 20.4. The van der Waals surface area contributed by atoms with Crippen LogP contribution in [0.25, 0.3) is 0 Å². The van der Waals surface area contributed by atoms with Gasteiger partial charge < -0.3 is 19.5 Å². The molecule has 1 N–H and O–H groups in total. The van der Waals surface area contributed by atoms with Crippen LogP contribution in [-0.4, -0.2) is 64.9 Å². The maximum Gasteiger partial charge on any atom is 0.249 e. The van der Waals surface area contributed by atoms with Gasteiger partial charge in [0.25, 0.3) is 0 Å². The van der Waals surface area contributed by atoms with E-state index in [9.17, 15) is 9.59 Å². The molecule has 1 saturated heterocycles. The monoisotopic (exact) mass is 402 g/mol. The highest BCUT2D eigenvalue weighted by Gasteiger charge is 2.49. The van der Waals surface area contributed by atoms with Gasteiger partial charge in [0, 0.05) is 44.8 Å². The molecular formula is C22H34N4O3. The van der Waals surface area contributed by atoms with E-state index in [2.05, 4.69) is 16.9 Å². The van der Waals surface area contributed by atoms with E-state index < -0.39 is 5.54 Å². The minimum Gasteiger partial charge on any atom is -0.375 e. The number of likely N-dealkylation sites (tertiary alicyclic amines) is 1. The molecule has 3 heterocycles. The van der Waals surface area contributed by atoms with Crippen molar-refractivity contribution in [3.63, 3.8) is 0 Å². The van der Waals surface area contributed by atoms with Crippen LogP contribution in [0.15, 0.2) is 6.33 Å². The maximum absolute atomic E-state index is 13.2. The van der Waals surface area contributed by atoms with Crippen LogP contribution in [0.1, 0.15) is 63.3 Å².